The molecular weight excluding hydrogens is 192 g/mol. The van der Waals surface area contributed by atoms with Gasteiger partial charge in [0.1, 0.15) is 0 Å². The number of ether oxygens (including phenoxy) is 1. The summed E-state index contributed by atoms with van der Waals surface area (Å²) in [6.45, 7) is 2.63. The molecule has 0 aromatic carbocycles. The van der Waals surface area contributed by atoms with E-state index in [4.69, 9.17) is 4.74 Å². The minimum Gasteiger partial charge on any atom is -0.373 e. The highest BCUT2D eigenvalue weighted by atomic mass is 16.5. The molecule has 2 bridgehead atoms. The number of hydrogen-bond donors (Lipinski definition) is 1. The maximum Gasteiger partial charge on any atom is 0.238 e. The van der Waals surface area contributed by atoms with Crippen molar-refractivity contribution in [3.05, 3.63) is 0 Å². The molecule has 3 aliphatic heterocycles. The molecule has 0 radical (unpaired) electrons. The van der Waals surface area contributed by atoms with Crippen LogP contribution in [0.25, 0.3) is 0 Å². The van der Waals surface area contributed by atoms with Crippen LogP contribution >= 0.6 is 0 Å². The molecule has 0 saturated carbocycles. The third kappa shape index (κ3) is 1.39. The number of hydrogen-bond acceptors (Lipinski definition) is 3. The SMILES string of the molecule is CCC1NCC(=O)N1C1CC2CCC1O2. The van der Waals surface area contributed by atoms with Gasteiger partial charge in [-0.25, -0.2) is 0 Å². The zero-order valence-corrected chi connectivity index (χ0v) is 9.11. The van der Waals surface area contributed by atoms with Crippen molar-refractivity contribution >= 4 is 5.91 Å². The average molecular weight is 210 g/mol. The van der Waals surface area contributed by atoms with E-state index in [9.17, 15) is 4.79 Å². The van der Waals surface area contributed by atoms with Crippen molar-refractivity contribution < 1.29 is 9.53 Å². The summed E-state index contributed by atoms with van der Waals surface area (Å²) >= 11 is 0. The van der Waals surface area contributed by atoms with Crippen molar-refractivity contribution in [1.29, 1.82) is 0 Å². The zero-order valence-electron chi connectivity index (χ0n) is 9.11. The number of rotatable bonds is 2. The Balaban J connectivity index is 1.78. The number of nitrogens with one attached hydrogen (secondary N) is 1. The Bertz CT molecular complexity index is 282. The molecular formula is C11H18N2O2. The third-order valence-corrected chi connectivity index (χ3v) is 3.93. The van der Waals surface area contributed by atoms with Crippen LogP contribution in [0.2, 0.25) is 0 Å². The highest BCUT2D eigenvalue weighted by Crippen LogP contribution is 2.38. The van der Waals surface area contributed by atoms with E-state index in [1.807, 2.05) is 4.90 Å². The lowest BCUT2D eigenvalue weighted by Gasteiger charge is -2.33. The second-order valence-electron chi connectivity index (χ2n) is 4.78. The van der Waals surface area contributed by atoms with Gasteiger partial charge in [-0.05, 0) is 25.7 Å². The molecule has 1 N–H and O–H groups in total. The van der Waals surface area contributed by atoms with E-state index < -0.39 is 0 Å². The molecule has 0 aromatic heterocycles. The summed E-state index contributed by atoms with van der Waals surface area (Å²) in [7, 11) is 0. The van der Waals surface area contributed by atoms with Crippen LogP contribution in [-0.4, -0.2) is 41.8 Å². The van der Waals surface area contributed by atoms with E-state index in [1.165, 1.54) is 6.42 Å². The highest BCUT2D eigenvalue weighted by Gasteiger charge is 2.48. The van der Waals surface area contributed by atoms with Crippen LogP contribution in [-0.2, 0) is 9.53 Å². The second-order valence-corrected chi connectivity index (χ2v) is 4.78. The summed E-state index contributed by atoms with van der Waals surface area (Å²) in [4.78, 5) is 13.9. The molecule has 0 spiro atoms. The van der Waals surface area contributed by atoms with Crippen LogP contribution in [0.5, 0.6) is 0 Å². The van der Waals surface area contributed by atoms with Crippen LogP contribution in [0.15, 0.2) is 0 Å². The number of fused-ring (bicyclic) bond motifs is 2. The molecule has 15 heavy (non-hydrogen) atoms. The van der Waals surface area contributed by atoms with Crippen LogP contribution in [0.4, 0.5) is 0 Å². The predicted octanol–water partition coefficient (Wildman–Crippen LogP) is 0.474. The molecule has 84 valence electrons. The van der Waals surface area contributed by atoms with Crippen molar-refractivity contribution in [2.75, 3.05) is 6.54 Å². The Morgan fingerprint density at radius 2 is 2.40 bits per heavy atom. The Morgan fingerprint density at radius 3 is 3.00 bits per heavy atom. The van der Waals surface area contributed by atoms with Gasteiger partial charge in [0.15, 0.2) is 0 Å². The molecule has 3 rings (SSSR count). The number of amides is 1. The predicted molar refractivity (Wildman–Crippen MR) is 55.2 cm³/mol. The Kier molecular flexibility index (Phi) is 2.21. The fourth-order valence-corrected chi connectivity index (χ4v) is 3.23. The molecule has 3 heterocycles. The van der Waals surface area contributed by atoms with E-state index in [1.54, 1.807) is 0 Å². The largest absolute Gasteiger partial charge is 0.373 e. The second kappa shape index (κ2) is 3.46. The Labute approximate surface area is 90.0 Å². The molecule has 3 aliphatic rings. The summed E-state index contributed by atoms with van der Waals surface area (Å²) in [5.74, 6) is 0.253. The summed E-state index contributed by atoms with van der Waals surface area (Å²) in [5.41, 5.74) is 0. The third-order valence-electron chi connectivity index (χ3n) is 3.93. The Hall–Kier alpha value is -0.610. The molecule has 3 fully saturated rings. The van der Waals surface area contributed by atoms with Gasteiger partial charge in [0, 0.05) is 0 Å². The maximum atomic E-state index is 11.8. The van der Waals surface area contributed by atoms with Gasteiger partial charge in [0.2, 0.25) is 5.91 Å². The summed E-state index contributed by atoms with van der Waals surface area (Å²) < 4.78 is 5.82. The van der Waals surface area contributed by atoms with Crippen molar-refractivity contribution in [3.63, 3.8) is 0 Å². The van der Waals surface area contributed by atoms with Gasteiger partial charge in [0.25, 0.3) is 0 Å². The summed E-state index contributed by atoms with van der Waals surface area (Å²) in [6, 6.07) is 0.344. The molecule has 1 amide bonds. The lowest BCUT2D eigenvalue weighted by atomic mass is 9.94. The van der Waals surface area contributed by atoms with Crippen molar-refractivity contribution in [1.82, 2.24) is 10.2 Å². The quantitative estimate of drug-likeness (QED) is 0.720. The van der Waals surface area contributed by atoms with Gasteiger partial charge < -0.3 is 9.64 Å². The monoisotopic (exact) mass is 210 g/mol. The molecule has 4 atom stereocenters. The Morgan fingerprint density at radius 1 is 1.53 bits per heavy atom. The van der Waals surface area contributed by atoms with Crippen molar-refractivity contribution in [2.24, 2.45) is 0 Å². The number of carbonyl (C=O) groups is 1. The first-order chi connectivity index (χ1) is 7.29. The van der Waals surface area contributed by atoms with Crippen LogP contribution < -0.4 is 5.32 Å². The van der Waals surface area contributed by atoms with Crippen LogP contribution in [0.1, 0.15) is 32.6 Å². The van der Waals surface area contributed by atoms with Gasteiger partial charge in [0.05, 0.1) is 31.0 Å². The maximum absolute atomic E-state index is 11.8. The zero-order chi connectivity index (χ0) is 10.4. The number of nitrogens with zero attached hydrogens (tertiary/aromatic N) is 1. The molecule has 0 aliphatic carbocycles. The minimum atomic E-state index is 0.241. The van der Waals surface area contributed by atoms with Gasteiger partial charge in [-0.3, -0.25) is 10.1 Å². The molecule has 4 unspecified atom stereocenters. The van der Waals surface area contributed by atoms with E-state index in [-0.39, 0.29) is 12.1 Å². The van der Waals surface area contributed by atoms with Gasteiger partial charge in [-0.1, -0.05) is 6.92 Å². The molecule has 4 nitrogen and oxygen atoms in total. The van der Waals surface area contributed by atoms with Crippen molar-refractivity contribution in [3.8, 4) is 0 Å². The normalized spacial score (nSPS) is 44.3. The van der Waals surface area contributed by atoms with Gasteiger partial charge in [-0.15, -0.1) is 0 Å². The first-order valence-electron chi connectivity index (χ1n) is 5.99. The minimum absolute atomic E-state index is 0.241. The average Bonchev–Trinajstić information content (AvgIpc) is 2.90. The summed E-state index contributed by atoms with van der Waals surface area (Å²) in [6.07, 6.45) is 5.33. The van der Waals surface area contributed by atoms with Gasteiger partial charge in [-0.2, -0.15) is 0 Å². The van der Waals surface area contributed by atoms with E-state index in [0.717, 1.165) is 19.3 Å². The number of carbonyl (C=O) groups excluding carboxylic acids is 1. The fourth-order valence-electron chi connectivity index (χ4n) is 3.23. The standard InChI is InChI=1S/C11H18N2O2/c1-2-10-12-6-11(14)13(10)8-5-7-3-4-9(8)15-7/h7-10,12H,2-6H2,1H3. The first-order valence-corrected chi connectivity index (χ1v) is 5.99. The summed E-state index contributed by atoms with van der Waals surface area (Å²) in [5, 5.41) is 3.26. The van der Waals surface area contributed by atoms with Crippen molar-refractivity contribution in [2.45, 2.75) is 57.0 Å². The lowest BCUT2D eigenvalue weighted by molar-refractivity contribution is -0.131. The fraction of sp³-hybridized carbons (Fsp3) is 0.909. The highest BCUT2D eigenvalue weighted by molar-refractivity contribution is 5.81. The smallest absolute Gasteiger partial charge is 0.238 e. The van der Waals surface area contributed by atoms with Gasteiger partial charge >= 0.3 is 0 Å². The van der Waals surface area contributed by atoms with Crippen LogP contribution in [0, 0.1) is 0 Å². The topological polar surface area (TPSA) is 41.6 Å². The van der Waals surface area contributed by atoms with E-state index in [2.05, 4.69) is 12.2 Å². The van der Waals surface area contributed by atoms with Crippen LogP contribution in [0.3, 0.4) is 0 Å². The molecule has 3 saturated heterocycles. The molecule has 4 heteroatoms. The van der Waals surface area contributed by atoms with E-state index >= 15 is 0 Å². The first kappa shape index (κ1) is 9.60. The molecule has 0 aromatic rings. The lowest BCUT2D eigenvalue weighted by Crippen LogP contribution is -2.48. The van der Waals surface area contributed by atoms with E-state index in [0.29, 0.717) is 24.8 Å².